The first-order valence-electron chi connectivity index (χ1n) is 47.5. The van der Waals surface area contributed by atoms with Crippen LogP contribution >= 0.6 is 15.9 Å². The van der Waals surface area contributed by atoms with E-state index in [2.05, 4.69) is 131 Å². The number of carbonyl (C=O) groups excluding carboxylic acids is 1. The number of hydrogen-bond acceptors (Lipinski definition) is 20. The minimum atomic E-state index is -0.139. The Kier molecular flexibility index (Phi) is 24.6. The molecule has 0 saturated carbocycles. The maximum Gasteiger partial charge on any atom is 0.227 e. The van der Waals surface area contributed by atoms with E-state index in [0.717, 1.165) is 305 Å². The molecule has 5 atom stereocenters. The predicted molar refractivity (Wildman–Crippen MR) is 506 cm³/mol. The summed E-state index contributed by atoms with van der Waals surface area (Å²) in [5.41, 5.74) is 16.1. The standard InChI is InChI=1S/C27H28FN7O.C23H25FN6O.C19H17BrFN5.C17H18FN3O.C16H18FN3/c28-23-3-1-2-22-24-15-29-17-34(24)26(25(22)23)18-4-8-33(9-5-18)27-30-12-19(13-31-27)20-14-32-35(16-20)21-6-10-36-11-7-21;24-18-3-1-2-17-19-14-25-15-30(19)22(21(17)18)16-5-8-29(9-6-16)23-26-7-4-20(27-23)28-10-12-31-13-11-28;20-13-8-23-19(24-9-13)25-6-4-12(5-7-25)18-17-14(2-1-3-15(17)21)16-10-22-11-26(16)18;1-11(22)20-7-5-12(6-8-20)17-16-13(3-2-4-14(16)18)15-9-19-10-21(15)17;1-19-7-5-11(6-8-19)16-15-12(3-2-4-13(15)17)14-9-18-10-20(14)16/h1-3,12-18,21,26H,4-11H2;1-4,7,14-16,22H,5-6,8-13H2;1-3,8-12,18H,4-7H2;2-4,9-10,12,17H,5-8H2,1H3;2-4,9-11,16H,5-8H2,1H3. The van der Waals surface area contributed by atoms with Gasteiger partial charge in [0.15, 0.2) is 0 Å². The number of carbonyl (C=O) groups is 1. The molecule has 694 valence electrons. The van der Waals surface area contributed by atoms with Crippen molar-refractivity contribution >= 4 is 45.5 Å². The van der Waals surface area contributed by atoms with Gasteiger partial charge in [0.05, 0.1) is 151 Å². The number of halogens is 6. The monoisotopic (exact) mass is 1890 g/mol. The van der Waals surface area contributed by atoms with Crippen LogP contribution in [0.3, 0.4) is 0 Å². The fourth-order valence-electron chi connectivity index (χ4n) is 23.3. The van der Waals surface area contributed by atoms with Crippen LogP contribution < -0.4 is 19.6 Å². The molecular formula is C102H106BrF5N24O3. The van der Waals surface area contributed by atoms with Crippen molar-refractivity contribution in [3.05, 3.63) is 264 Å². The molecule has 27 nitrogen and oxygen atoms in total. The summed E-state index contributed by atoms with van der Waals surface area (Å²) in [5, 5.41) is 4.57. The molecule has 1 amide bonds. The highest BCUT2D eigenvalue weighted by Crippen LogP contribution is 2.53. The van der Waals surface area contributed by atoms with E-state index in [9.17, 15) is 26.7 Å². The Labute approximate surface area is 787 Å². The molecule has 26 rings (SSSR count). The zero-order valence-electron chi connectivity index (χ0n) is 75.4. The molecule has 0 spiro atoms. The molecule has 7 saturated heterocycles. The molecule has 5 aromatic carbocycles. The summed E-state index contributed by atoms with van der Waals surface area (Å²) < 4.78 is 97.7. The number of rotatable bonds is 11. The van der Waals surface area contributed by atoms with Crippen molar-refractivity contribution < 1.29 is 36.2 Å². The average Bonchev–Trinajstić information content (AvgIpc) is 1.61. The Morgan fingerprint density at radius 1 is 0.356 bits per heavy atom. The summed E-state index contributed by atoms with van der Waals surface area (Å²) >= 11 is 3.37. The molecule has 9 aromatic heterocycles. The number of morpholine rings is 1. The number of amides is 1. The van der Waals surface area contributed by atoms with E-state index in [1.807, 2.05) is 127 Å². The van der Waals surface area contributed by atoms with Crippen molar-refractivity contribution in [2.24, 2.45) is 29.6 Å². The normalized spacial score (nSPS) is 20.9. The molecule has 12 aliphatic rings. The van der Waals surface area contributed by atoms with Gasteiger partial charge in [-0.25, -0.2) is 71.8 Å². The van der Waals surface area contributed by atoms with Crippen molar-refractivity contribution in [1.82, 2.24) is 97.2 Å². The second kappa shape index (κ2) is 37.9. The van der Waals surface area contributed by atoms with Crippen LogP contribution in [0.5, 0.6) is 0 Å². The minimum Gasteiger partial charge on any atom is -0.381 e. The number of likely N-dealkylation sites (tertiary alicyclic amines) is 2. The van der Waals surface area contributed by atoms with Crippen LogP contribution in [0.15, 0.2) is 208 Å². The van der Waals surface area contributed by atoms with E-state index in [4.69, 9.17) is 14.5 Å². The lowest BCUT2D eigenvalue weighted by Crippen LogP contribution is -2.39. The summed E-state index contributed by atoms with van der Waals surface area (Å²) in [6, 6.07) is 29.3. The largest absolute Gasteiger partial charge is 0.381 e. The summed E-state index contributed by atoms with van der Waals surface area (Å²) in [6.45, 7) is 15.2. The van der Waals surface area contributed by atoms with Crippen LogP contribution in [-0.4, -0.2) is 215 Å². The SMILES string of the molecule is CC(=O)N1CCC(C2c3c(F)cccc3-c3cncn32)CC1.CN1CCC(C2c3c(F)cccc3-c3cncn32)CC1.Fc1cccc2c1C(C1CCN(c3ncc(-c4cnn(C5CCOCC5)c4)cn3)CC1)n1cncc1-2.Fc1cccc2c1C(C1CCN(c3ncc(Br)cn3)CC1)n1cncc1-2.Fc1cccc2c1C(C1CCN(c3nccc(N4CCOCC4)n3)CC1)n1cncc1-2. The summed E-state index contributed by atoms with van der Waals surface area (Å²) in [5.74, 6) is 4.69. The van der Waals surface area contributed by atoms with Crippen molar-refractivity contribution in [3.8, 4) is 67.4 Å². The molecule has 12 aliphatic heterocycles. The molecule has 21 heterocycles. The number of nitrogens with zero attached hydrogens (tertiary/aromatic N) is 24. The quantitative estimate of drug-likeness (QED) is 0.109. The average molecular weight is 1890 g/mol. The van der Waals surface area contributed by atoms with E-state index in [-0.39, 0.29) is 65.2 Å². The molecule has 7 fully saturated rings. The van der Waals surface area contributed by atoms with E-state index in [1.165, 1.54) is 6.07 Å². The lowest BCUT2D eigenvalue weighted by Gasteiger charge is -2.36. The number of anilines is 4. The van der Waals surface area contributed by atoms with Gasteiger partial charge in [0.1, 0.15) is 34.9 Å². The van der Waals surface area contributed by atoms with Crippen LogP contribution in [0.1, 0.15) is 148 Å². The fraction of sp³-hybridized carbons (Fsp3) is 0.402. The van der Waals surface area contributed by atoms with Crippen molar-refractivity contribution in [2.75, 3.05) is 132 Å². The van der Waals surface area contributed by atoms with Crippen molar-refractivity contribution in [3.63, 3.8) is 0 Å². The number of ether oxygens (including phenoxy) is 2. The Morgan fingerprint density at radius 3 is 1.05 bits per heavy atom. The van der Waals surface area contributed by atoms with E-state index < -0.39 is 0 Å². The topological polar surface area (TPSA) is 239 Å². The third-order valence-electron chi connectivity index (χ3n) is 30.1. The number of aromatic nitrogens is 18. The molecule has 14 aromatic rings. The number of benzene rings is 5. The minimum absolute atomic E-state index is 0.00260. The van der Waals surface area contributed by atoms with E-state index in [0.29, 0.717) is 35.6 Å². The number of fused-ring (bicyclic) bond motifs is 15. The summed E-state index contributed by atoms with van der Waals surface area (Å²) in [7, 11) is 2.15. The Bertz CT molecular complexity index is 6560. The number of piperidine rings is 5. The zero-order valence-corrected chi connectivity index (χ0v) is 77.0. The molecular weight excluding hydrogens is 1780 g/mol. The van der Waals surface area contributed by atoms with Gasteiger partial charge in [0, 0.05) is 190 Å². The molecule has 135 heavy (non-hydrogen) atoms. The Morgan fingerprint density at radius 2 is 0.689 bits per heavy atom. The fourth-order valence-corrected chi connectivity index (χ4v) is 23.5. The van der Waals surface area contributed by atoms with Gasteiger partial charge >= 0.3 is 0 Å². The Balaban J connectivity index is 0.0000000995. The first-order valence-corrected chi connectivity index (χ1v) is 48.3. The van der Waals surface area contributed by atoms with Gasteiger partial charge in [-0.3, -0.25) is 9.48 Å². The van der Waals surface area contributed by atoms with E-state index >= 15 is 0 Å². The van der Waals surface area contributed by atoms with Gasteiger partial charge < -0.3 is 61.7 Å². The van der Waals surface area contributed by atoms with Crippen LogP contribution in [0.2, 0.25) is 0 Å². The maximum atomic E-state index is 14.9. The number of hydrogen-bond donors (Lipinski definition) is 0. The molecule has 0 radical (unpaired) electrons. The lowest BCUT2D eigenvalue weighted by atomic mass is 9.85. The Hall–Kier alpha value is -12.7. The first-order chi connectivity index (χ1) is 66.2. The smallest absolute Gasteiger partial charge is 0.227 e. The van der Waals surface area contributed by atoms with Gasteiger partial charge in [-0.15, -0.1) is 0 Å². The molecule has 5 unspecified atom stereocenters. The van der Waals surface area contributed by atoms with Gasteiger partial charge in [0.2, 0.25) is 23.8 Å². The third kappa shape index (κ3) is 16.8. The molecule has 0 N–H and O–H groups in total. The summed E-state index contributed by atoms with van der Waals surface area (Å²) in [4.78, 5) is 73.6. The highest BCUT2D eigenvalue weighted by molar-refractivity contribution is 9.10. The van der Waals surface area contributed by atoms with Gasteiger partial charge in [-0.1, -0.05) is 60.7 Å². The van der Waals surface area contributed by atoms with Crippen LogP contribution in [-0.2, 0) is 14.3 Å². The van der Waals surface area contributed by atoms with Crippen molar-refractivity contribution in [1.29, 1.82) is 0 Å². The highest BCUT2D eigenvalue weighted by atomic mass is 79.9. The van der Waals surface area contributed by atoms with Crippen molar-refractivity contribution in [2.45, 2.75) is 120 Å². The maximum absolute atomic E-state index is 14.9. The highest BCUT2D eigenvalue weighted by Gasteiger charge is 2.45. The first kappa shape index (κ1) is 87.6. The summed E-state index contributed by atoms with van der Waals surface area (Å²) in [6.07, 6.45) is 43.3. The van der Waals surface area contributed by atoms with Gasteiger partial charge in [0.25, 0.3) is 0 Å². The van der Waals surface area contributed by atoms with Crippen LogP contribution in [0.25, 0.3) is 67.4 Å². The van der Waals surface area contributed by atoms with Crippen LogP contribution in [0.4, 0.5) is 45.6 Å². The zero-order chi connectivity index (χ0) is 91.5. The predicted octanol–water partition coefficient (Wildman–Crippen LogP) is 17.5. The second-order valence-corrected chi connectivity index (χ2v) is 38.4. The molecule has 0 aliphatic carbocycles. The van der Waals surface area contributed by atoms with Gasteiger partial charge in [-0.05, 0) is 179 Å². The second-order valence-electron chi connectivity index (χ2n) is 37.5. The third-order valence-corrected chi connectivity index (χ3v) is 30.5. The van der Waals surface area contributed by atoms with Gasteiger partial charge in [-0.2, -0.15) is 10.1 Å². The lowest BCUT2D eigenvalue weighted by molar-refractivity contribution is -0.130. The molecule has 0 bridgehead atoms. The number of imidazole rings is 5. The van der Waals surface area contributed by atoms with Crippen LogP contribution in [0, 0.1) is 58.7 Å². The molecule has 33 heteroatoms. The van der Waals surface area contributed by atoms with E-state index in [1.54, 1.807) is 80.2 Å².